The largest absolute Gasteiger partial charge is 0.396 e. The van der Waals surface area contributed by atoms with Crippen molar-refractivity contribution < 1.29 is 18.3 Å². The lowest BCUT2D eigenvalue weighted by atomic mass is 10.1. The molecule has 0 amide bonds. The molecule has 1 aliphatic heterocycles. The van der Waals surface area contributed by atoms with Gasteiger partial charge in [-0.15, -0.1) is 0 Å². The second-order valence-electron chi connectivity index (χ2n) is 4.84. The van der Waals surface area contributed by atoms with Gasteiger partial charge in [0.05, 0.1) is 5.25 Å². The Kier molecular flexibility index (Phi) is 3.53. The van der Waals surface area contributed by atoms with Crippen LogP contribution in [0.4, 0.5) is 0 Å². The van der Waals surface area contributed by atoms with Crippen LogP contribution in [-0.4, -0.2) is 45.1 Å². The molecule has 2 fully saturated rings. The zero-order valence-electron chi connectivity index (χ0n) is 9.31. The molecule has 6 heteroatoms. The third kappa shape index (κ3) is 2.74. The minimum absolute atomic E-state index is 0.0727. The third-order valence-electron chi connectivity index (χ3n) is 3.55. The maximum Gasteiger partial charge on any atom is 0.214 e. The topological polar surface area (TPSA) is 75.6 Å². The molecule has 0 radical (unpaired) electrons. The van der Waals surface area contributed by atoms with E-state index in [1.807, 2.05) is 0 Å². The van der Waals surface area contributed by atoms with E-state index < -0.39 is 10.0 Å². The molecule has 0 aromatic rings. The van der Waals surface area contributed by atoms with Crippen LogP contribution in [0, 0.1) is 5.41 Å². The minimum atomic E-state index is -3.23. The zero-order valence-corrected chi connectivity index (χ0v) is 10.1. The molecule has 1 aliphatic carbocycles. The number of rotatable bonds is 5. The Morgan fingerprint density at radius 3 is 2.44 bits per heavy atom. The molecular formula is C10H19NO4S. The molecule has 2 N–H and O–H groups in total. The predicted molar refractivity (Wildman–Crippen MR) is 59.5 cm³/mol. The molecule has 5 nitrogen and oxygen atoms in total. The first-order valence-electron chi connectivity index (χ1n) is 5.75. The van der Waals surface area contributed by atoms with Crippen LogP contribution in [0.2, 0.25) is 0 Å². The number of hydrogen-bond donors (Lipinski definition) is 2. The van der Waals surface area contributed by atoms with Crippen LogP contribution in [0.1, 0.15) is 25.7 Å². The summed E-state index contributed by atoms with van der Waals surface area (Å²) >= 11 is 0. The van der Waals surface area contributed by atoms with Crippen LogP contribution >= 0.6 is 0 Å². The predicted octanol–water partition coefficient (Wildman–Crippen LogP) is -0.143. The fourth-order valence-corrected chi connectivity index (χ4v) is 3.48. The first-order chi connectivity index (χ1) is 7.58. The lowest BCUT2D eigenvalue weighted by Gasteiger charge is -2.23. The molecule has 1 heterocycles. The average Bonchev–Trinajstić information content (AvgIpc) is 3.09. The van der Waals surface area contributed by atoms with Crippen LogP contribution in [0.15, 0.2) is 0 Å². The Bertz CT molecular complexity index is 331. The molecule has 94 valence electrons. The Morgan fingerprint density at radius 1 is 1.31 bits per heavy atom. The van der Waals surface area contributed by atoms with Crippen molar-refractivity contribution >= 4 is 10.0 Å². The van der Waals surface area contributed by atoms with Gasteiger partial charge in [0.25, 0.3) is 0 Å². The summed E-state index contributed by atoms with van der Waals surface area (Å²) in [6, 6.07) is 0. The van der Waals surface area contributed by atoms with Crippen molar-refractivity contribution in [3.63, 3.8) is 0 Å². The van der Waals surface area contributed by atoms with E-state index in [9.17, 15) is 8.42 Å². The summed E-state index contributed by atoms with van der Waals surface area (Å²) in [7, 11) is -3.23. The molecule has 1 saturated carbocycles. The smallest absolute Gasteiger partial charge is 0.214 e. The van der Waals surface area contributed by atoms with Gasteiger partial charge in [0.1, 0.15) is 0 Å². The van der Waals surface area contributed by atoms with Crippen molar-refractivity contribution in [2.24, 2.45) is 5.41 Å². The van der Waals surface area contributed by atoms with Gasteiger partial charge in [-0.05, 0) is 25.7 Å². The van der Waals surface area contributed by atoms with E-state index in [0.717, 1.165) is 12.8 Å². The number of aliphatic hydroxyl groups excluding tert-OH is 1. The summed E-state index contributed by atoms with van der Waals surface area (Å²) in [5.41, 5.74) is -0.168. The van der Waals surface area contributed by atoms with E-state index in [-0.39, 0.29) is 17.3 Å². The molecule has 2 rings (SSSR count). The summed E-state index contributed by atoms with van der Waals surface area (Å²) in [4.78, 5) is 0. The molecule has 0 aromatic heterocycles. The number of nitrogens with one attached hydrogen (secondary N) is 1. The van der Waals surface area contributed by atoms with Gasteiger partial charge in [0, 0.05) is 31.8 Å². The first-order valence-corrected chi connectivity index (χ1v) is 7.30. The number of aliphatic hydroxyl groups is 1. The molecule has 0 unspecified atom stereocenters. The molecule has 0 aromatic carbocycles. The fourth-order valence-electron chi connectivity index (χ4n) is 1.93. The van der Waals surface area contributed by atoms with E-state index in [1.54, 1.807) is 0 Å². The van der Waals surface area contributed by atoms with Crippen LogP contribution in [0.25, 0.3) is 0 Å². The average molecular weight is 249 g/mol. The zero-order chi connectivity index (χ0) is 11.6. The fraction of sp³-hybridized carbons (Fsp3) is 1.00. The summed E-state index contributed by atoms with van der Waals surface area (Å²) in [6.45, 7) is 1.50. The van der Waals surface area contributed by atoms with Crippen molar-refractivity contribution in [2.45, 2.75) is 30.9 Å². The highest BCUT2D eigenvalue weighted by Gasteiger charge is 2.43. The Balaban J connectivity index is 1.87. The van der Waals surface area contributed by atoms with E-state index in [1.165, 1.54) is 0 Å². The van der Waals surface area contributed by atoms with Gasteiger partial charge in [-0.3, -0.25) is 0 Å². The van der Waals surface area contributed by atoms with Crippen molar-refractivity contribution in [3.05, 3.63) is 0 Å². The molecule has 0 bridgehead atoms. The van der Waals surface area contributed by atoms with Gasteiger partial charge in [0.15, 0.2) is 0 Å². The first kappa shape index (κ1) is 12.3. The van der Waals surface area contributed by atoms with E-state index >= 15 is 0 Å². The van der Waals surface area contributed by atoms with Gasteiger partial charge in [-0.25, -0.2) is 13.1 Å². The Labute approximate surface area is 96.2 Å². The maximum atomic E-state index is 11.9. The van der Waals surface area contributed by atoms with Crippen LogP contribution in [0.3, 0.4) is 0 Å². The Hall–Kier alpha value is -0.170. The molecule has 0 spiro atoms. The van der Waals surface area contributed by atoms with Gasteiger partial charge in [-0.1, -0.05) is 0 Å². The van der Waals surface area contributed by atoms with Gasteiger partial charge < -0.3 is 9.84 Å². The molecule has 0 atom stereocenters. The van der Waals surface area contributed by atoms with Crippen molar-refractivity contribution in [1.82, 2.24) is 4.72 Å². The number of ether oxygens (including phenoxy) is 1. The SMILES string of the molecule is O=S(=O)(NCC1(CO)CC1)C1CCOCC1. The Morgan fingerprint density at radius 2 is 1.94 bits per heavy atom. The minimum Gasteiger partial charge on any atom is -0.396 e. The van der Waals surface area contributed by atoms with E-state index in [0.29, 0.717) is 32.6 Å². The van der Waals surface area contributed by atoms with Crippen LogP contribution in [0.5, 0.6) is 0 Å². The maximum absolute atomic E-state index is 11.9. The highest BCUT2D eigenvalue weighted by Crippen LogP contribution is 2.44. The lowest BCUT2D eigenvalue weighted by Crippen LogP contribution is -2.41. The molecular weight excluding hydrogens is 230 g/mol. The highest BCUT2D eigenvalue weighted by molar-refractivity contribution is 7.90. The van der Waals surface area contributed by atoms with Gasteiger partial charge in [0.2, 0.25) is 10.0 Å². The van der Waals surface area contributed by atoms with Crippen LogP contribution in [-0.2, 0) is 14.8 Å². The van der Waals surface area contributed by atoms with Crippen molar-refractivity contribution in [3.8, 4) is 0 Å². The summed E-state index contributed by atoms with van der Waals surface area (Å²) in [6.07, 6.45) is 2.97. The quantitative estimate of drug-likeness (QED) is 0.711. The normalized spacial score (nSPS) is 25.6. The molecule has 2 aliphatic rings. The number of hydrogen-bond acceptors (Lipinski definition) is 4. The second-order valence-corrected chi connectivity index (χ2v) is 6.88. The highest BCUT2D eigenvalue weighted by atomic mass is 32.2. The molecule has 1 saturated heterocycles. The van der Waals surface area contributed by atoms with Crippen molar-refractivity contribution in [2.75, 3.05) is 26.4 Å². The van der Waals surface area contributed by atoms with Crippen LogP contribution < -0.4 is 4.72 Å². The molecule has 16 heavy (non-hydrogen) atoms. The van der Waals surface area contributed by atoms with E-state index in [2.05, 4.69) is 4.72 Å². The lowest BCUT2D eigenvalue weighted by molar-refractivity contribution is 0.0980. The monoisotopic (exact) mass is 249 g/mol. The third-order valence-corrected chi connectivity index (χ3v) is 5.44. The van der Waals surface area contributed by atoms with Gasteiger partial charge in [-0.2, -0.15) is 0 Å². The van der Waals surface area contributed by atoms with Crippen molar-refractivity contribution in [1.29, 1.82) is 0 Å². The summed E-state index contributed by atoms with van der Waals surface area (Å²) in [5.74, 6) is 0. The van der Waals surface area contributed by atoms with E-state index in [4.69, 9.17) is 9.84 Å². The standard InChI is InChI=1S/C10H19NO4S/c12-8-10(3-4-10)7-11-16(13,14)9-1-5-15-6-2-9/h9,11-12H,1-8H2. The summed E-state index contributed by atoms with van der Waals surface area (Å²) < 4.78 is 31.6. The second kappa shape index (κ2) is 4.60. The summed E-state index contributed by atoms with van der Waals surface area (Å²) in [5, 5.41) is 8.79. The van der Waals surface area contributed by atoms with Gasteiger partial charge >= 0.3 is 0 Å². The number of sulfonamides is 1.